The third-order valence-corrected chi connectivity index (χ3v) is 6.05. The lowest BCUT2D eigenvalue weighted by atomic mass is 9.94. The van der Waals surface area contributed by atoms with Gasteiger partial charge in [0.05, 0.1) is 37.0 Å². The van der Waals surface area contributed by atoms with Gasteiger partial charge in [0.15, 0.2) is 11.5 Å². The molecule has 12 nitrogen and oxygen atoms in total. The maximum Gasteiger partial charge on any atom is 0.407 e. The van der Waals surface area contributed by atoms with Gasteiger partial charge >= 0.3 is 6.09 Å². The molecule has 0 aromatic carbocycles. The van der Waals surface area contributed by atoms with Crippen LogP contribution in [-0.2, 0) is 4.74 Å². The highest BCUT2D eigenvalue weighted by Crippen LogP contribution is 2.28. The summed E-state index contributed by atoms with van der Waals surface area (Å²) in [5, 5.41) is 29.4. The Bertz CT molecular complexity index is 1530. The average molecular weight is 499 g/mol. The molecule has 12 heteroatoms. The van der Waals surface area contributed by atoms with Crippen molar-refractivity contribution in [1.29, 1.82) is 5.26 Å². The van der Waals surface area contributed by atoms with E-state index in [0.29, 0.717) is 23.4 Å². The molecule has 0 radical (unpaired) electrons. The van der Waals surface area contributed by atoms with Crippen LogP contribution in [0.15, 0.2) is 43.0 Å². The largest absolute Gasteiger partial charge is 0.453 e. The number of hydrogen-bond donors (Lipinski definition) is 2. The summed E-state index contributed by atoms with van der Waals surface area (Å²) in [5.41, 5.74) is 4.52. The number of rotatable bonds is 6. The number of carbonyl (C=O) groups excluding carboxylic acids is 1. The fourth-order valence-corrected chi connectivity index (χ4v) is 4.26. The number of allylic oxidation sites excluding steroid dienone is 1. The summed E-state index contributed by atoms with van der Waals surface area (Å²) in [6.07, 6.45) is 10.7. The van der Waals surface area contributed by atoms with E-state index in [4.69, 9.17) is 5.26 Å². The average Bonchev–Trinajstić information content (AvgIpc) is 3.56. The molecule has 1 aliphatic rings. The molecular weight excluding hydrogens is 472 g/mol. The third kappa shape index (κ3) is 4.97. The number of ether oxygens (including phenoxy) is 1. The number of carbonyl (C=O) groups is 1. The second kappa shape index (κ2) is 10.1. The zero-order valence-electron chi connectivity index (χ0n) is 20.7. The van der Waals surface area contributed by atoms with Crippen molar-refractivity contribution < 1.29 is 9.53 Å². The van der Waals surface area contributed by atoms with Gasteiger partial charge in [0.25, 0.3) is 0 Å². The number of methoxy groups -OCH3 is 1. The van der Waals surface area contributed by atoms with Gasteiger partial charge in [-0.25, -0.2) is 19.4 Å². The van der Waals surface area contributed by atoms with Crippen LogP contribution in [0.3, 0.4) is 0 Å². The summed E-state index contributed by atoms with van der Waals surface area (Å²) < 4.78 is 8.04. The Morgan fingerprint density at radius 1 is 1.24 bits per heavy atom. The number of amides is 1. The number of anilines is 1. The van der Waals surface area contributed by atoms with E-state index in [1.165, 1.54) is 13.3 Å². The molecule has 188 valence electrons. The molecule has 0 aliphatic heterocycles. The van der Waals surface area contributed by atoms with Gasteiger partial charge in [-0.2, -0.15) is 15.0 Å². The highest BCUT2D eigenvalue weighted by atomic mass is 16.5. The zero-order valence-corrected chi connectivity index (χ0v) is 20.7. The van der Waals surface area contributed by atoms with Crippen LogP contribution in [0, 0.1) is 11.3 Å². The van der Waals surface area contributed by atoms with Crippen molar-refractivity contribution in [1.82, 2.24) is 40.1 Å². The summed E-state index contributed by atoms with van der Waals surface area (Å²) in [4.78, 5) is 20.5. The van der Waals surface area contributed by atoms with Crippen LogP contribution in [0.4, 0.5) is 10.5 Å². The van der Waals surface area contributed by atoms with Crippen molar-refractivity contribution in [3.05, 3.63) is 54.3 Å². The summed E-state index contributed by atoms with van der Waals surface area (Å²) in [5.74, 6) is 0.582. The quantitative estimate of drug-likeness (QED) is 0.408. The molecule has 5 rings (SSSR count). The molecular formula is C25H26N10O2. The Balaban J connectivity index is 1.43. The van der Waals surface area contributed by atoms with Gasteiger partial charge in [0.1, 0.15) is 17.5 Å². The predicted octanol–water partition coefficient (Wildman–Crippen LogP) is 3.38. The minimum atomic E-state index is -0.417. The maximum absolute atomic E-state index is 11.5. The van der Waals surface area contributed by atoms with Crippen molar-refractivity contribution >= 4 is 28.4 Å². The normalized spacial score (nSPS) is 15.3. The van der Waals surface area contributed by atoms with E-state index in [-0.39, 0.29) is 12.1 Å². The number of fused-ring (bicyclic) bond motifs is 1. The summed E-state index contributed by atoms with van der Waals surface area (Å²) >= 11 is 0. The smallest absolute Gasteiger partial charge is 0.407 e. The van der Waals surface area contributed by atoms with E-state index in [0.717, 1.165) is 40.9 Å². The summed E-state index contributed by atoms with van der Waals surface area (Å²) in [6.45, 7) is 4.10. The topological polar surface area (TPSA) is 148 Å². The monoisotopic (exact) mass is 498 g/mol. The van der Waals surface area contributed by atoms with E-state index in [1.807, 2.05) is 12.3 Å². The number of nitrogens with zero attached hydrogens (tertiary/aromatic N) is 8. The Morgan fingerprint density at radius 2 is 2.11 bits per heavy atom. The molecule has 1 amide bonds. The van der Waals surface area contributed by atoms with Crippen LogP contribution in [-0.4, -0.2) is 60.0 Å². The molecule has 0 saturated carbocycles. The van der Waals surface area contributed by atoms with Gasteiger partial charge in [0, 0.05) is 29.7 Å². The molecule has 4 aromatic rings. The van der Waals surface area contributed by atoms with Crippen molar-refractivity contribution in [3.8, 4) is 17.6 Å². The standard InChI is InChI=1S/C25H26N10O2/c1-15(2)30-20-9-23(35-24-18(12-29-35)8-16(10-26)11-28-24)27-13-22(20)34-14-21(32-33-34)17-4-6-19(7-5-17)31-25(36)37-3/h4,8-9,11-15,19H,5-7H2,1-3H3,(H,27,30)(H,31,36). The molecule has 1 unspecified atom stereocenters. The van der Waals surface area contributed by atoms with Crippen molar-refractivity contribution in [2.24, 2.45) is 0 Å². The fraction of sp³-hybridized carbons (Fsp3) is 0.320. The number of hydrogen-bond acceptors (Lipinski definition) is 9. The highest BCUT2D eigenvalue weighted by molar-refractivity contribution is 5.78. The Labute approximate surface area is 213 Å². The molecule has 2 N–H and O–H groups in total. The van der Waals surface area contributed by atoms with E-state index >= 15 is 0 Å². The summed E-state index contributed by atoms with van der Waals surface area (Å²) in [7, 11) is 1.36. The number of nitriles is 1. The van der Waals surface area contributed by atoms with Gasteiger partial charge in [-0.3, -0.25) is 0 Å². The Morgan fingerprint density at radius 3 is 2.84 bits per heavy atom. The van der Waals surface area contributed by atoms with Gasteiger partial charge in [-0.15, -0.1) is 5.10 Å². The first-order valence-corrected chi connectivity index (χ1v) is 11.9. The predicted molar refractivity (Wildman–Crippen MR) is 136 cm³/mol. The number of alkyl carbamates (subject to hydrolysis) is 1. The van der Waals surface area contributed by atoms with Crippen molar-refractivity contribution in [2.45, 2.75) is 45.2 Å². The lowest BCUT2D eigenvalue weighted by Gasteiger charge is -2.21. The molecule has 0 spiro atoms. The molecule has 4 heterocycles. The fourth-order valence-electron chi connectivity index (χ4n) is 4.26. The summed E-state index contributed by atoms with van der Waals surface area (Å²) in [6, 6.07) is 5.94. The minimum Gasteiger partial charge on any atom is -0.453 e. The lowest BCUT2D eigenvalue weighted by molar-refractivity contribution is 0.166. The van der Waals surface area contributed by atoms with Crippen LogP contribution in [0.1, 0.15) is 44.4 Å². The zero-order chi connectivity index (χ0) is 25.9. The van der Waals surface area contributed by atoms with Crippen LogP contribution >= 0.6 is 0 Å². The van der Waals surface area contributed by atoms with Crippen LogP contribution < -0.4 is 10.6 Å². The van der Waals surface area contributed by atoms with Gasteiger partial charge < -0.3 is 15.4 Å². The van der Waals surface area contributed by atoms with Gasteiger partial charge in [-0.1, -0.05) is 11.3 Å². The van der Waals surface area contributed by atoms with Gasteiger partial charge in [-0.05, 0) is 44.7 Å². The van der Waals surface area contributed by atoms with E-state index in [2.05, 4.69) is 66.7 Å². The van der Waals surface area contributed by atoms with Gasteiger partial charge in [0.2, 0.25) is 0 Å². The first-order valence-electron chi connectivity index (χ1n) is 11.9. The minimum absolute atomic E-state index is 0.0455. The maximum atomic E-state index is 11.5. The van der Waals surface area contributed by atoms with E-state index < -0.39 is 6.09 Å². The molecule has 4 aromatic heterocycles. The van der Waals surface area contributed by atoms with Crippen LogP contribution in [0.25, 0.3) is 28.1 Å². The van der Waals surface area contributed by atoms with E-state index in [1.54, 1.807) is 27.8 Å². The number of pyridine rings is 2. The second-order valence-electron chi connectivity index (χ2n) is 9.05. The third-order valence-electron chi connectivity index (χ3n) is 6.05. The number of aromatic nitrogens is 7. The lowest BCUT2D eigenvalue weighted by Crippen LogP contribution is -2.35. The SMILES string of the molecule is COC(=O)NC1CC=C(c2cn(-c3cnc(-n4ncc5cc(C#N)cnc54)cc3NC(C)C)nn2)CC1. The van der Waals surface area contributed by atoms with Crippen LogP contribution in [0.5, 0.6) is 0 Å². The molecule has 1 atom stereocenters. The molecule has 1 aliphatic carbocycles. The Kier molecular flexibility index (Phi) is 6.51. The van der Waals surface area contributed by atoms with Crippen LogP contribution in [0.2, 0.25) is 0 Å². The highest BCUT2D eigenvalue weighted by Gasteiger charge is 2.20. The Hall–Kier alpha value is -4.79. The van der Waals surface area contributed by atoms with E-state index in [9.17, 15) is 4.79 Å². The molecule has 0 bridgehead atoms. The van der Waals surface area contributed by atoms with Crippen molar-refractivity contribution in [3.63, 3.8) is 0 Å². The molecule has 37 heavy (non-hydrogen) atoms. The molecule has 0 saturated heterocycles. The first-order chi connectivity index (χ1) is 17.9. The number of nitrogens with one attached hydrogen (secondary N) is 2. The first kappa shape index (κ1) is 23.9. The van der Waals surface area contributed by atoms with Crippen molar-refractivity contribution in [2.75, 3.05) is 12.4 Å². The molecule has 0 fully saturated rings. The second-order valence-corrected chi connectivity index (χ2v) is 9.05.